The van der Waals surface area contributed by atoms with Gasteiger partial charge in [-0.2, -0.15) is 0 Å². The monoisotopic (exact) mass is 243 g/mol. The number of hydrogen-bond donors (Lipinski definition) is 1. The molecular weight excluding hydrogens is 214 g/mol. The Bertz CT molecular complexity index is 217. The summed E-state index contributed by atoms with van der Waals surface area (Å²) >= 11 is 0. The number of nitrogens with two attached hydrogens (primary N) is 1. The van der Waals surface area contributed by atoms with Crippen LogP contribution in [0.4, 0.5) is 0 Å². The number of nitrogens with zero attached hydrogens (tertiary/aromatic N) is 2. The van der Waals surface area contributed by atoms with E-state index in [1.165, 1.54) is 0 Å². The highest BCUT2D eigenvalue weighted by molar-refractivity contribution is 5.81. The summed E-state index contributed by atoms with van der Waals surface area (Å²) in [4.78, 5) is 16.1. The van der Waals surface area contributed by atoms with Gasteiger partial charge in [-0.05, 0) is 32.9 Å². The average molecular weight is 243 g/mol. The standard InChI is InChI=1S/C13H29N3O/c1-6-7-16(9-8-15(4)5)13(17)12(14)10-11(2)3/h11-12H,6-10,14H2,1-5H3. The van der Waals surface area contributed by atoms with Gasteiger partial charge in [-0.25, -0.2) is 0 Å². The molecular formula is C13H29N3O. The van der Waals surface area contributed by atoms with Crippen molar-refractivity contribution in [2.45, 2.75) is 39.7 Å². The van der Waals surface area contributed by atoms with Crippen molar-refractivity contribution >= 4 is 5.91 Å². The molecule has 0 aliphatic carbocycles. The summed E-state index contributed by atoms with van der Waals surface area (Å²) in [5, 5.41) is 0. The highest BCUT2D eigenvalue weighted by Crippen LogP contribution is 2.06. The van der Waals surface area contributed by atoms with Gasteiger partial charge in [-0.3, -0.25) is 4.79 Å². The van der Waals surface area contributed by atoms with Crippen molar-refractivity contribution in [3.63, 3.8) is 0 Å². The fourth-order valence-electron chi connectivity index (χ4n) is 1.77. The number of amides is 1. The van der Waals surface area contributed by atoms with Crippen LogP contribution in [0.5, 0.6) is 0 Å². The van der Waals surface area contributed by atoms with Gasteiger partial charge < -0.3 is 15.5 Å². The summed E-state index contributed by atoms with van der Waals surface area (Å²) in [5.74, 6) is 0.564. The van der Waals surface area contributed by atoms with Gasteiger partial charge in [0.1, 0.15) is 0 Å². The molecule has 4 nitrogen and oxygen atoms in total. The van der Waals surface area contributed by atoms with Crippen molar-refractivity contribution in [2.75, 3.05) is 33.7 Å². The van der Waals surface area contributed by atoms with Crippen LogP contribution < -0.4 is 5.73 Å². The van der Waals surface area contributed by atoms with E-state index in [0.717, 1.165) is 32.5 Å². The Kier molecular flexibility index (Phi) is 8.17. The SMILES string of the molecule is CCCN(CCN(C)C)C(=O)C(N)CC(C)C. The van der Waals surface area contributed by atoms with E-state index in [0.29, 0.717) is 5.92 Å². The first-order chi connectivity index (χ1) is 7.88. The molecule has 0 heterocycles. The lowest BCUT2D eigenvalue weighted by Gasteiger charge is -2.27. The molecule has 0 saturated heterocycles. The first-order valence-corrected chi connectivity index (χ1v) is 6.57. The summed E-state index contributed by atoms with van der Waals surface area (Å²) in [7, 11) is 4.03. The summed E-state index contributed by atoms with van der Waals surface area (Å²) < 4.78 is 0. The summed E-state index contributed by atoms with van der Waals surface area (Å²) in [6.45, 7) is 8.74. The van der Waals surface area contributed by atoms with Crippen molar-refractivity contribution in [2.24, 2.45) is 11.7 Å². The minimum absolute atomic E-state index is 0.0994. The molecule has 0 spiro atoms. The highest BCUT2D eigenvalue weighted by atomic mass is 16.2. The largest absolute Gasteiger partial charge is 0.340 e. The number of likely N-dealkylation sites (N-methyl/N-ethyl adjacent to an activating group) is 1. The van der Waals surface area contributed by atoms with Crippen molar-refractivity contribution in [3.05, 3.63) is 0 Å². The van der Waals surface area contributed by atoms with Crippen LogP contribution in [-0.4, -0.2) is 55.5 Å². The van der Waals surface area contributed by atoms with Crippen LogP contribution in [0.3, 0.4) is 0 Å². The molecule has 0 fully saturated rings. The summed E-state index contributed by atoms with van der Waals surface area (Å²) in [5.41, 5.74) is 5.95. The normalized spacial score (nSPS) is 13.2. The minimum Gasteiger partial charge on any atom is -0.340 e. The minimum atomic E-state index is -0.344. The van der Waals surface area contributed by atoms with Crippen LogP contribution in [0, 0.1) is 5.92 Å². The van der Waals surface area contributed by atoms with Crippen LogP contribution >= 0.6 is 0 Å². The van der Waals surface area contributed by atoms with Crippen LogP contribution in [0.25, 0.3) is 0 Å². The van der Waals surface area contributed by atoms with Gasteiger partial charge in [0.05, 0.1) is 6.04 Å². The first-order valence-electron chi connectivity index (χ1n) is 6.57. The molecule has 0 aromatic rings. The fraction of sp³-hybridized carbons (Fsp3) is 0.923. The van der Waals surface area contributed by atoms with E-state index in [9.17, 15) is 4.79 Å². The third kappa shape index (κ3) is 7.34. The van der Waals surface area contributed by atoms with Gasteiger partial charge in [-0.15, -0.1) is 0 Å². The van der Waals surface area contributed by atoms with Crippen molar-refractivity contribution < 1.29 is 4.79 Å². The zero-order valence-corrected chi connectivity index (χ0v) is 12.1. The average Bonchev–Trinajstić information content (AvgIpc) is 2.21. The molecule has 1 unspecified atom stereocenters. The van der Waals surface area contributed by atoms with Gasteiger partial charge in [0.15, 0.2) is 0 Å². The second-order valence-corrected chi connectivity index (χ2v) is 5.36. The van der Waals surface area contributed by atoms with E-state index in [4.69, 9.17) is 5.73 Å². The van der Waals surface area contributed by atoms with E-state index in [1.54, 1.807) is 0 Å². The van der Waals surface area contributed by atoms with Gasteiger partial charge in [0, 0.05) is 19.6 Å². The maximum atomic E-state index is 12.2. The van der Waals surface area contributed by atoms with Gasteiger partial charge >= 0.3 is 0 Å². The van der Waals surface area contributed by atoms with Gasteiger partial charge in [0.25, 0.3) is 0 Å². The Balaban J connectivity index is 4.31. The second-order valence-electron chi connectivity index (χ2n) is 5.36. The predicted octanol–water partition coefficient (Wildman–Crippen LogP) is 1.16. The van der Waals surface area contributed by atoms with Crippen molar-refractivity contribution in [1.29, 1.82) is 0 Å². The van der Waals surface area contributed by atoms with Gasteiger partial charge in [0.2, 0.25) is 5.91 Å². The lowest BCUT2D eigenvalue weighted by Crippen LogP contribution is -2.46. The van der Waals surface area contributed by atoms with E-state index in [2.05, 4.69) is 25.7 Å². The molecule has 1 amide bonds. The fourth-order valence-corrected chi connectivity index (χ4v) is 1.77. The molecule has 2 N–H and O–H groups in total. The molecule has 0 bridgehead atoms. The number of rotatable bonds is 8. The van der Waals surface area contributed by atoms with Crippen LogP contribution in [0.1, 0.15) is 33.6 Å². The maximum absolute atomic E-state index is 12.2. The molecule has 0 rings (SSSR count). The molecule has 0 aromatic heterocycles. The highest BCUT2D eigenvalue weighted by Gasteiger charge is 2.20. The Morgan fingerprint density at radius 1 is 1.18 bits per heavy atom. The zero-order valence-electron chi connectivity index (χ0n) is 12.1. The zero-order chi connectivity index (χ0) is 13.4. The van der Waals surface area contributed by atoms with Crippen molar-refractivity contribution in [3.8, 4) is 0 Å². The topological polar surface area (TPSA) is 49.6 Å². The molecule has 0 aromatic carbocycles. The Morgan fingerprint density at radius 2 is 1.76 bits per heavy atom. The smallest absolute Gasteiger partial charge is 0.239 e. The van der Waals surface area contributed by atoms with Crippen LogP contribution in [0.2, 0.25) is 0 Å². The number of hydrogen-bond acceptors (Lipinski definition) is 3. The molecule has 102 valence electrons. The lowest BCUT2D eigenvalue weighted by atomic mass is 10.0. The predicted molar refractivity (Wildman–Crippen MR) is 72.9 cm³/mol. The van der Waals surface area contributed by atoms with E-state index >= 15 is 0 Å². The van der Waals surface area contributed by atoms with E-state index < -0.39 is 0 Å². The number of carbonyl (C=O) groups excluding carboxylic acids is 1. The molecule has 4 heteroatoms. The third-order valence-corrected chi connectivity index (χ3v) is 2.66. The molecule has 0 aliphatic rings. The third-order valence-electron chi connectivity index (χ3n) is 2.66. The Morgan fingerprint density at radius 3 is 2.18 bits per heavy atom. The van der Waals surface area contributed by atoms with Crippen molar-refractivity contribution in [1.82, 2.24) is 9.80 Å². The maximum Gasteiger partial charge on any atom is 0.239 e. The van der Waals surface area contributed by atoms with Gasteiger partial charge in [-0.1, -0.05) is 20.8 Å². The summed E-state index contributed by atoms with van der Waals surface area (Å²) in [6.07, 6.45) is 1.74. The molecule has 0 radical (unpaired) electrons. The quantitative estimate of drug-likeness (QED) is 0.696. The molecule has 17 heavy (non-hydrogen) atoms. The van der Waals surface area contributed by atoms with Crippen LogP contribution in [0.15, 0.2) is 0 Å². The first kappa shape index (κ1) is 16.4. The van der Waals surface area contributed by atoms with E-state index in [1.807, 2.05) is 19.0 Å². The Labute approximate surface area is 106 Å². The summed E-state index contributed by atoms with van der Waals surface area (Å²) in [6, 6.07) is -0.344. The lowest BCUT2D eigenvalue weighted by molar-refractivity contribution is -0.133. The van der Waals surface area contributed by atoms with Crippen LogP contribution in [-0.2, 0) is 4.79 Å². The number of carbonyl (C=O) groups is 1. The second kappa shape index (κ2) is 8.48. The molecule has 0 saturated carbocycles. The molecule has 1 atom stereocenters. The Hall–Kier alpha value is -0.610. The molecule has 0 aliphatic heterocycles. The van der Waals surface area contributed by atoms with E-state index in [-0.39, 0.29) is 11.9 Å².